The van der Waals surface area contributed by atoms with Crippen LogP contribution in [0.1, 0.15) is 55.1 Å². The van der Waals surface area contributed by atoms with E-state index in [2.05, 4.69) is 33.4 Å². The van der Waals surface area contributed by atoms with Gasteiger partial charge in [0.15, 0.2) is 17.2 Å². The number of hydrogen-bond acceptors (Lipinski definition) is 7. The minimum atomic E-state index is -0.505. The molecule has 0 radical (unpaired) electrons. The summed E-state index contributed by atoms with van der Waals surface area (Å²) in [6.45, 7) is 1.72. The van der Waals surface area contributed by atoms with Gasteiger partial charge in [0.1, 0.15) is 0 Å². The predicted molar refractivity (Wildman–Crippen MR) is 133 cm³/mol. The van der Waals surface area contributed by atoms with E-state index in [1.54, 1.807) is 6.92 Å². The molecule has 0 spiro atoms. The minimum Gasteiger partial charge on any atom is -0.479 e. The van der Waals surface area contributed by atoms with E-state index in [0.29, 0.717) is 21.1 Å². The van der Waals surface area contributed by atoms with E-state index >= 15 is 0 Å². The first kappa shape index (κ1) is 24.1. The molecule has 0 saturated heterocycles. The first-order valence-electron chi connectivity index (χ1n) is 11.6. The number of ether oxygens (including phenoxy) is 3. The Morgan fingerprint density at radius 3 is 2.48 bits per heavy atom. The molecule has 4 rings (SSSR count). The highest BCUT2D eigenvalue weighted by atomic mass is 79.9. The number of halogens is 1. The molecule has 0 amide bonds. The van der Waals surface area contributed by atoms with Crippen LogP contribution in [-0.4, -0.2) is 38.3 Å². The third kappa shape index (κ3) is 5.38. The lowest BCUT2D eigenvalue weighted by atomic mass is 9.68. The SMILES string of the molecule is CCOC(=O)COc1c(C(=O)OC)sc(-c2cccc(NC3C4CCCC3CCC4)c2)c1Br. The maximum Gasteiger partial charge on any atom is 0.351 e. The highest BCUT2D eigenvalue weighted by Crippen LogP contribution is 2.47. The summed E-state index contributed by atoms with van der Waals surface area (Å²) in [7, 11) is 1.33. The molecule has 2 aromatic rings. The van der Waals surface area contributed by atoms with E-state index in [4.69, 9.17) is 14.2 Å². The number of esters is 2. The van der Waals surface area contributed by atoms with Crippen molar-refractivity contribution in [3.05, 3.63) is 33.6 Å². The largest absolute Gasteiger partial charge is 0.479 e. The summed E-state index contributed by atoms with van der Waals surface area (Å²) in [6, 6.07) is 8.80. The summed E-state index contributed by atoms with van der Waals surface area (Å²) in [5, 5.41) is 3.83. The Balaban J connectivity index is 1.59. The second kappa shape index (κ2) is 10.9. The lowest BCUT2D eigenvalue weighted by Crippen LogP contribution is -2.42. The summed E-state index contributed by atoms with van der Waals surface area (Å²) >= 11 is 4.88. The van der Waals surface area contributed by atoms with E-state index in [1.165, 1.54) is 57.0 Å². The van der Waals surface area contributed by atoms with E-state index in [1.807, 2.05) is 12.1 Å². The summed E-state index contributed by atoms with van der Waals surface area (Å²) in [6.07, 6.45) is 7.95. The predicted octanol–water partition coefficient (Wildman–Crippen LogP) is 6.29. The lowest BCUT2D eigenvalue weighted by Gasteiger charge is -2.43. The fourth-order valence-corrected chi connectivity index (χ4v) is 7.09. The molecular weight excluding hydrogens is 506 g/mol. The second-order valence-corrected chi connectivity index (χ2v) is 10.4. The first-order chi connectivity index (χ1) is 16.0. The molecule has 0 aliphatic heterocycles. The van der Waals surface area contributed by atoms with Crippen molar-refractivity contribution < 1.29 is 23.8 Å². The van der Waals surface area contributed by atoms with Crippen LogP contribution in [0.5, 0.6) is 5.75 Å². The number of nitrogens with one attached hydrogen (secondary N) is 1. The average molecular weight is 536 g/mol. The van der Waals surface area contributed by atoms with Gasteiger partial charge in [0.05, 0.1) is 23.1 Å². The van der Waals surface area contributed by atoms with Gasteiger partial charge >= 0.3 is 11.9 Å². The van der Waals surface area contributed by atoms with Crippen molar-refractivity contribution in [3.8, 4) is 16.2 Å². The molecule has 1 heterocycles. The van der Waals surface area contributed by atoms with Crippen LogP contribution in [0.25, 0.3) is 10.4 Å². The molecule has 0 atom stereocenters. The number of methoxy groups -OCH3 is 1. The van der Waals surface area contributed by atoms with Gasteiger partial charge < -0.3 is 19.5 Å². The van der Waals surface area contributed by atoms with Crippen molar-refractivity contribution in [2.24, 2.45) is 11.8 Å². The van der Waals surface area contributed by atoms with Crippen molar-refractivity contribution in [3.63, 3.8) is 0 Å². The molecule has 2 bridgehead atoms. The fraction of sp³-hybridized carbons (Fsp3) is 0.520. The van der Waals surface area contributed by atoms with Crippen molar-refractivity contribution in [2.75, 3.05) is 25.6 Å². The van der Waals surface area contributed by atoms with Crippen molar-refractivity contribution in [2.45, 2.75) is 51.5 Å². The van der Waals surface area contributed by atoms with Crippen LogP contribution in [0.2, 0.25) is 0 Å². The normalized spacial score (nSPS) is 21.8. The monoisotopic (exact) mass is 535 g/mol. The zero-order valence-electron chi connectivity index (χ0n) is 19.0. The van der Waals surface area contributed by atoms with Crippen molar-refractivity contribution in [1.82, 2.24) is 0 Å². The number of benzene rings is 1. The summed E-state index contributed by atoms with van der Waals surface area (Å²) in [4.78, 5) is 25.3. The van der Waals surface area contributed by atoms with Gasteiger partial charge in [0.2, 0.25) is 0 Å². The molecule has 0 unspecified atom stereocenters. The van der Waals surface area contributed by atoms with E-state index in [9.17, 15) is 9.59 Å². The summed E-state index contributed by atoms with van der Waals surface area (Å²) in [5.74, 6) is 0.814. The standard InChI is InChI=1S/C25H30BrNO5S/c1-3-31-19(28)14-32-22-20(26)23(33-24(22)25(29)30-2)17-11-6-12-18(13-17)27-21-15-7-4-8-16(21)10-5-9-15/h6,11-13,15-16,21,27H,3-5,7-10,14H2,1-2H3. The van der Waals surface area contributed by atoms with Crippen LogP contribution < -0.4 is 10.1 Å². The molecule has 1 aromatic carbocycles. The first-order valence-corrected chi connectivity index (χ1v) is 13.2. The number of carbonyl (C=O) groups is 2. The molecule has 2 saturated carbocycles. The van der Waals surface area contributed by atoms with Crippen LogP contribution in [0.15, 0.2) is 28.7 Å². The van der Waals surface area contributed by atoms with E-state index < -0.39 is 11.9 Å². The molecular formula is C25H30BrNO5S. The number of thiophene rings is 1. The summed E-state index contributed by atoms with van der Waals surface area (Å²) in [5.41, 5.74) is 2.05. The molecule has 8 heteroatoms. The summed E-state index contributed by atoms with van der Waals surface area (Å²) < 4.78 is 16.2. The molecule has 2 fully saturated rings. The van der Waals surface area contributed by atoms with Gasteiger partial charge in [0.25, 0.3) is 0 Å². The van der Waals surface area contributed by atoms with Gasteiger partial charge in [-0.05, 0) is 78.1 Å². The zero-order chi connectivity index (χ0) is 23.4. The highest BCUT2D eigenvalue weighted by molar-refractivity contribution is 9.10. The van der Waals surface area contributed by atoms with Crippen LogP contribution in [-0.2, 0) is 14.3 Å². The van der Waals surface area contributed by atoms with E-state index in [-0.39, 0.29) is 13.2 Å². The number of anilines is 1. The molecule has 1 aromatic heterocycles. The molecule has 6 nitrogen and oxygen atoms in total. The second-order valence-electron chi connectivity index (χ2n) is 8.62. The van der Waals surface area contributed by atoms with E-state index in [0.717, 1.165) is 28.0 Å². The minimum absolute atomic E-state index is 0.268. The van der Waals surface area contributed by atoms with Gasteiger partial charge in [0, 0.05) is 11.7 Å². The average Bonchev–Trinajstić information content (AvgIpc) is 3.13. The van der Waals surface area contributed by atoms with Crippen LogP contribution >= 0.6 is 27.3 Å². The number of carbonyl (C=O) groups excluding carboxylic acids is 2. The fourth-order valence-electron chi connectivity index (χ4n) is 5.13. The van der Waals surface area contributed by atoms with Crippen LogP contribution in [0, 0.1) is 11.8 Å². The van der Waals surface area contributed by atoms with Crippen LogP contribution in [0.3, 0.4) is 0 Å². The Labute approximate surface area is 207 Å². The lowest BCUT2D eigenvalue weighted by molar-refractivity contribution is -0.145. The number of hydrogen-bond donors (Lipinski definition) is 1. The van der Waals surface area contributed by atoms with Crippen molar-refractivity contribution in [1.29, 1.82) is 0 Å². The maximum absolute atomic E-state index is 12.4. The third-order valence-electron chi connectivity index (χ3n) is 6.59. The molecule has 2 aliphatic carbocycles. The number of fused-ring (bicyclic) bond motifs is 2. The Hall–Kier alpha value is -2.06. The molecule has 33 heavy (non-hydrogen) atoms. The Morgan fingerprint density at radius 2 is 1.85 bits per heavy atom. The Bertz CT molecular complexity index is 985. The topological polar surface area (TPSA) is 73.9 Å². The Morgan fingerprint density at radius 1 is 1.15 bits per heavy atom. The molecule has 2 aliphatic rings. The van der Waals surface area contributed by atoms with Gasteiger partial charge in [-0.3, -0.25) is 0 Å². The third-order valence-corrected chi connectivity index (χ3v) is 8.81. The zero-order valence-corrected chi connectivity index (χ0v) is 21.4. The molecule has 1 N–H and O–H groups in total. The van der Waals surface area contributed by atoms with Crippen LogP contribution in [0.4, 0.5) is 5.69 Å². The van der Waals surface area contributed by atoms with Gasteiger partial charge in [-0.15, -0.1) is 11.3 Å². The van der Waals surface area contributed by atoms with Gasteiger partial charge in [-0.2, -0.15) is 0 Å². The number of rotatable bonds is 8. The smallest absolute Gasteiger partial charge is 0.351 e. The maximum atomic E-state index is 12.4. The van der Waals surface area contributed by atoms with Crippen molar-refractivity contribution >= 4 is 44.9 Å². The highest BCUT2D eigenvalue weighted by Gasteiger charge is 2.36. The van der Waals surface area contributed by atoms with Gasteiger partial charge in [-0.25, -0.2) is 9.59 Å². The van der Waals surface area contributed by atoms with Gasteiger partial charge in [-0.1, -0.05) is 25.0 Å². The Kier molecular flexibility index (Phi) is 7.96. The quantitative estimate of drug-likeness (QED) is 0.400. The molecule has 178 valence electrons.